The summed E-state index contributed by atoms with van der Waals surface area (Å²) in [5.74, 6) is -0.0405. The molecule has 2 N–H and O–H groups in total. The van der Waals surface area contributed by atoms with E-state index < -0.39 is 17.2 Å². The van der Waals surface area contributed by atoms with Crippen molar-refractivity contribution in [3.05, 3.63) is 35.4 Å². The maximum absolute atomic E-state index is 13.0. The summed E-state index contributed by atoms with van der Waals surface area (Å²) < 4.78 is 44.6. The van der Waals surface area contributed by atoms with E-state index in [2.05, 4.69) is 10.6 Å². The van der Waals surface area contributed by atoms with Crippen LogP contribution < -0.4 is 10.6 Å². The average Bonchev–Trinajstić information content (AvgIpc) is 2.98. The summed E-state index contributed by atoms with van der Waals surface area (Å²) in [6, 6.07) is 5.26. The van der Waals surface area contributed by atoms with Crippen molar-refractivity contribution in [2.45, 2.75) is 36.9 Å². The Hall–Kier alpha value is -1.60. The van der Waals surface area contributed by atoms with Crippen molar-refractivity contribution in [1.29, 1.82) is 0 Å². The zero-order valence-electron chi connectivity index (χ0n) is 13.3. The molecule has 2 fully saturated rings. The monoisotopic (exact) mass is 342 g/mol. The lowest BCUT2D eigenvalue weighted by Gasteiger charge is -2.39. The van der Waals surface area contributed by atoms with Crippen molar-refractivity contribution in [2.75, 3.05) is 26.3 Å². The van der Waals surface area contributed by atoms with Crippen LogP contribution in [0.4, 0.5) is 13.2 Å². The van der Waals surface area contributed by atoms with Crippen molar-refractivity contribution in [1.82, 2.24) is 10.6 Å². The fourth-order valence-corrected chi connectivity index (χ4v) is 3.46. The molecule has 0 spiro atoms. The minimum absolute atomic E-state index is 0.0405. The van der Waals surface area contributed by atoms with Gasteiger partial charge in [0.15, 0.2) is 0 Å². The number of carbonyl (C=O) groups is 1. The van der Waals surface area contributed by atoms with Gasteiger partial charge in [0, 0.05) is 31.7 Å². The number of rotatable bonds is 4. The number of alkyl halides is 3. The van der Waals surface area contributed by atoms with Gasteiger partial charge < -0.3 is 15.4 Å². The van der Waals surface area contributed by atoms with E-state index >= 15 is 0 Å². The molecule has 24 heavy (non-hydrogen) atoms. The van der Waals surface area contributed by atoms with Gasteiger partial charge in [0.1, 0.15) is 0 Å². The fraction of sp³-hybridized carbons (Fsp3) is 0.588. The molecule has 2 aliphatic rings. The highest BCUT2D eigenvalue weighted by atomic mass is 19.4. The van der Waals surface area contributed by atoms with E-state index in [0.29, 0.717) is 51.1 Å². The van der Waals surface area contributed by atoms with Crippen LogP contribution in [-0.2, 0) is 21.1 Å². The highest BCUT2D eigenvalue weighted by Crippen LogP contribution is 2.38. The number of halogens is 3. The third-order valence-electron chi connectivity index (χ3n) is 4.99. The largest absolute Gasteiger partial charge is 0.416 e. The molecule has 7 heteroatoms. The van der Waals surface area contributed by atoms with Gasteiger partial charge in [-0.15, -0.1) is 0 Å². The molecular formula is C17H21F3N2O2. The predicted molar refractivity (Wildman–Crippen MR) is 82.6 cm³/mol. The first-order chi connectivity index (χ1) is 11.4. The van der Waals surface area contributed by atoms with Crippen LogP contribution in [0.5, 0.6) is 0 Å². The first-order valence-electron chi connectivity index (χ1n) is 8.17. The predicted octanol–water partition coefficient (Wildman–Crippen LogP) is 2.23. The molecule has 1 atom stereocenters. The Morgan fingerprint density at radius 3 is 2.67 bits per heavy atom. The van der Waals surface area contributed by atoms with E-state index in [4.69, 9.17) is 4.74 Å². The van der Waals surface area contributed by atoms with Crippen LogP contribution in [0.2, 0.25) is 0 Å². The zero-order chi connectivity index (χ0) is 17.2. The van der Waals surface area contributed by atoms with Gasteiger partial charge in [-0.1, -0.05) is 18.2 Å². The van der Waals surface area contributed by atoms with Gasteiger partial charge in [-0.3, -0.25) is 4.79 Å². The number of amides is 1. The molecule has 2 heterocycles. The lowest BCUT2D eigenvalue weighted by atomic mass is 9.73. The van der Waals surface area contributed by atoms with Gasteiger partial charge in [-0.25, -0.2) is 0 Å². The Morgan fingerprint density at radius 1 is 1.29 bits per heavy atom. The molecule has 2 aliphatic heterocycles. The zero-order valence-corrected chi connectivity index (χ0v) is 13.3. The standard InChI is InChI=1S/C17H21F3N2O2/c18-17(19,20)13-3-1-2-12(10-13)16(5-8-24-9-6-16)11-22-14-4-7-21-15(14)23/h1-3,10,14,22H,4-9,11H2,(H,21,23). The summed E-state index contributed by atoms with van der Waals surface area (Å²) in [6.45, 7) is 2.12. The fourth-order valence-electron chi connectivity index (χ4n) is 3.46. The number of hydrogen-bond donors (Lipinski definition) is 2. The van der Waals surface area contributed by atoms with Crippen LogP contribution in [0.1, 0.15) is 30.4 Å². The van der Waals surface area contributed by atoms with Gasteiger partial charge in [-0.2, -0.15) is 13.2 Å². The SMILES string of the molecule is O=C1NCCC1NCC1(c2cccc(C(F)(F)F)c2)CCOCC1. The Bertz CT molecular complexity index is 598. The minimum Gasteiger partial charge on any atom is -0.381 e. The molecule has 0 radical (unpaired) electrons. The molecule has 132 valence electrons. The second kappa shape index (κ2) is 6.72. The minimum atomic E-state index is -4.36. The van der Waals surface area contributed by atoms with Crippen molar-refractivity contribution in [3.8, 4) is 0 Å². The first-order valence-corrected chi connectivity index (χ1v) is 8.17. The van der Waals surface area contributed by atoms with E-state index in [1.54, 1.807) is 6.07 Å². The van der Waals surface area contributed by atoms with E-state index in [0.717, 1.165) is 6.07 Å². The van der Waals surface area contributed by atoms with Gasteiger partial charge in [0.05, 0.1) is 11.6 Å². The maximum Gasteiger partial charge on any atom is 0.416 e. The van der Waals surface area contributed by atoms with Crippen molar-refractivity contribution >= 4 is 5.91 Å². The highest BCUT2D eigenvalue weighted by Gasteiger charge is 2.38. The third kappa shape index (κ3) is 3.57. The molecule has 0 aromatic heterocycles. The highest BCUT2D eigenvalue weighted by molar-refractivity contribution is 5.83. The molecule has 1 amide bonds. The molecule has 2 saturated heterocycles. The molecular weight excluding hydrogens is 321 g/mol. The van der Waals surface area contributed by atoms with Gasteiger partial charge in [0.2, 0.25) is 5.91 Å². The summed E-state index contributed by atoms with van der Waals surface area (Å²) in [5, 5.41) is 6.01. The van der Waals surface area contributed by atoms with E-state index in [1.807, 2.05) is 0 Å². The van der Waals surface area contributed by atoms with Crippen molar-refractivity contribution in [2.24, 2.45) is 0 Å². The van der Waals surface area contributed by atoms with Crippen LogP contribution in [0.25, 0.3) is 0 Å². The van der Waals surface area contributed by atoms with Crippen LogP contribution in [0.15, 0.2) is 24.3 Å². The molecule has 1 aromatic rings. The van der Waals surface area contributed by atoms with Crippen LogP contribution in [0, 0.1) is 0 Å². The molecule has 0 saturated carbocycles. The molecule has 1 aromatic carbocycles. The molecule has 3 rings (SSSR count). The van der Waals surface area contributed by atoms with Crippen LogP contribution in [0.3, 0.4) is 0 Å². The molecule has 4 nitrogen and oxygen atoms in total. The van der Waals surface area contributed by atoms with E-state index in [-0.39, 0.29) is 11.9 Å². The topological polar surface area (TPSA) is 50.4 Å². The third-order valence-corrected chi connectivity index (χ3v) is 4.99. The number of benzene rings is 1. The maximum atomic E-state index is 13.0. The number of ether oxygens (including phenoxy) is 1. The number of nitrogens with one attached hydrogen (secondary N) is 2. The Kier molecular flexibility index (Phi) is 4.83. The lowest BCUT2D eigenvalue weighted by molar-refractivity contribution is -0.137. The van der Waals surface area contributed by atoms with Gasteiger partial charge in [-0.05, 0) is 30.9 Å². The summed E-state index contributed by atoms with van der Waals surface area (Å²) in [4.78, 5) is 11.7. The smallest absolute Gasteiger partial charge is 0.381 e. The van der Waals surface area contributed by atoms with Crippen LogP contribution in [-0.4, -0.2) is 38.3 Å². The quantitative estimate of drug-likeness (QED) is 0.882. The van der Waals surface area contributed by atoms with Crippen LogP contribution >= 0.6 is 0 Å². The lowest BCUT2D eigenvalue weighted by Crippen LogP contribution is -2.47. The van der Waals surface area contributed by atoms with Crippen molar-refractivity contribution < 1.29 is 22.7 Å². The van der Waals surface area contributed by atoms with Crippen molar-refractivity contribution in [3.63, 3.8) is 0 Å². The normalized spacial score (nSPS) is 24.0. The molecule has 0 bridgehead atoms. The molecule has 1 unspecified atom stereocenters. The van der Waals surface area contributed by atoms with Gasteiger partial charge in [0.25, 0.3) is 0 Å². The Morgan fingerprint density at radius 2 is 2.04 bits per heavy atom. The summed E-state index contributed by atoms with van der Waals surface area (Å²) in [6.07, 6.45) is -2.39. The number of hydrogen-bond acceptors (Lipinski definition) is 3. The first kappa shape index (κ1) is 17.2. The second-order valence-electron chi connectivity index (χ2n) is 6.48. The Labute approximate surface area is 138 Å². The summed E-state index contributed by atoms with van der Waals surface area (Å²) in [7, 11) is 0. The van der Waals surface area contributed by atoms with Gasteiger partial charge >= 0.3 is 6.18 Å². The molecule has 0 aliphatic carbocycles. The summed E-state index contributed by atoms with van der Waals surface area (Å²) in [5.41, 5.74) is -0.418. The average molecular weight is 342 g/mol. The van der Waals surface area contributed by atoms with E-state index in [9.17, 15) is 18.0 Å². The summed E-state index contributed by atoms with van der Waals surface area (Å²) >= 11 is 0. The second-order valence-corrected chi connectivity index (χ2v) is 6.48. The van der Waals surface area contributed by atoms with E-state index in [1.165, 1.54) is 12.1 Å². The number of carbonyl (C=O) groups excluding carboxylic acids is 1. The Balaban J connectivity index is 1.84.